The Labute approximate surface area is 95.5 Å². The van der Waals surface area contributed by atoms with Crippen LogP contribution in [0.5, 0.6) is 0 Å². The lowest BCUT2D eigenvalue weighted by atomic mass is 9.88. The summed E-state index contributed by atoms with van der Waals surface area (Å²) < 4.78 is 5.35. The Balaban J connectivity index is 1.81. The van der Waals surface area contributed by atoms with E-state index in [0.29, 0.717) is 12.5 Å². The molecule has 3 unspecified atom stereocenters. The molecule has 0 aromatic carbocycles. The molecule has 1 aromatic heterocycles. The zero-order valence-electron chi connectivity index (χ0n) is 9.30. The van der Waals surface area contributed by atoms with Gasteiger partial charge in [-0.05, 0) is 30.9 Å². The molecule has 1 saturated heterocycles. The molecule has 3 heteroatoms. The third-order valence-corrected chi connectivity index (χ3v) is 3.86. The largest absolute Gasteiger partial charge is 0.392 e. The third-order valence-electron chi connectivity index (χ3n) is 3.86. The van der Waals surface area contributed by atoms with E-state index in [1.165, 1.54) is 5.56 Å². The van der Waals surface area contributed by atoms with Gasteiger partial charge in [0.15, 0.2) is 0 Å². The zero-order chi connectivity index (χ0) is 11.0. The molecule has 1 aromatic rings. The van der Waals surface area contributed by atoms with Crippen LogP contribution in [0.1, 0.15) is 30.0 Å². The topological polar surface area (TPSA) is 42.4 Å². The fraction of sp³-hybridized carbons (Fsp3) is 0.615. The van der Waals surface area contributed by atoms with Crippen molar-refractivity contribution in [3.05, 3.63) is 29.6 Å². The van der Waals surface area contributed by atoms with Crippen LogP contribution in [0.4, 0.5) is 0 Å². The summed E-state index contributed by atoms with van der Waals surface area (Å²) in [6.45, 7) is 1.50. The first-order valence-electron chi connectivity index (χ1n) is 6.06. The Bertz CT molecular complexity index is 374. The summed E-state index contributed by atoms with van der Waals surface area (Å²) in [7, 11) is 0. The van der Waals surface area contributed by atoms with Crippen LogP contribution in [0.2, 0.25) is 0 Å². The Hall–Kier alpha value is -0.930. The van der Waals surface area contributed by atoms with Crippen molar-refractivity contribution in [3.63, 3.8) is 0 Å². The van der Waals surface area contributed by atoms with Gasteiger partial charge in [-0.3, -0.25) is 4.98 Å². The SMILES string of the molecule is OC(C1CCOC1)C1CCc2cccnc21. The molecule has 0 radical (unpaired) electrons. The van der Waals surface area contributed by atoms with Crippen LogP contribution in [-0.4, -0.2) is 29.4 Å². The Morgan fingerprint density at radius 1 is 1.44 bits per heavy atom. The van der Waals surface area contributed by atoms with E-state index in [9.17, 15) is 5.11 Å². The normalized spacial score (nSPS) is 30.3. The monoisotopic (exact) mass is 219 g/mol. The predicted octanol–water partition coefficient (Wildman–Crippen LogP) is 1.51. The van der Waals surface area contributed by atoms with Crippen LogP contribution >= 0.6 is 0 Å². The Kier molecular flexibility index (Phi) is 2.65. The van der Waals surface area contributed by atoms with Crippen molar-refractivity contribution in [2.75, 3.05) is 13.2 Å². The molecule has 16 heavy (non-hydrogen) atoms. The molecule has 1 aliphatic heterocycles. The number of pyridine rings is 1. The molecule has 0 amide bonds. The number of hydrogen-bond donors (Lipinski definition) is 1. The van der Waals surface area contributed by atoms with Gasteiger partial charge in [-0.2, -0.15) is 0 Å². The average Bonchev–Trinajstić information content (AvgIpc) is 2.98. The molecule has 1 N–H and O–H groups in total. The van der Waals surface area contributed by atoms with Gasteiger partial charge in [0.25, 0.3) is 0 Å². The van der Waals surface area contributed by atoms with Crippen molar-refractivity contribution >= 4 is 0 Å². The lowest BCUT2D eigenvalue weighted by Crippen LogP contribution is -2.27. The van der Waals surface area contributed by atoms with Crippen LogP contribution in [0, 0.1) is 5.92 Å². The van der Waals surface area contributed by atoms with E-state index in [0.717, 1.165) is 31.6 Å². The van der Waals surface area contributed by atoms with Gasteiger partial charge >= 0.3 is 0 Å². The maximum Gasteiger partial charge on any atom is 0.0675 e. The molecule has 0 saturated carbocycles. The van der Waals surface area contributed by atoms with Crippen molar-refractivity contribution in [2.24, 2.45) is 5.92 Å². The summed E-state index contributed by atoms with van der Waals surface area (Å²) in [5.74, 6) is 0.529. The highest BCUT2D eigenvalue weighted by molar-refractivity contribution is 5.29. The lowest BCUT2D eigenvalue weighted by Gasteiger charge is -2.23. The highest BCUT2D eigenvalue weighted by Crippen LogP contribution is 2.37. The van der Waals surface area contributed by atoms with E-state index in [1.54, 1.807) is 0 Å². The zero-order valence-corrected chi connectivity index (χ0v) is 9.30. The predicted molar refractivity (Wildman–Crippen MR) is 60.2 cm³/mol. The van der Waals surface area contributed by atoms with Gasteiger partial charge in [0, 0.05) is 30.3 Å². The summed E-state index contributed by atoms with van der Waals surface area (Å²) in [5.41, 5.74) is 2.42. The van der Waals surface area contributed by atoms with Crippen LogP contribution in [0.25, 0.3) is 0 Å². The highest BCUT2D eigenvalue weighted by Gasteiger charge is 2.35. The molecule has 2 heterocycles. The van der Waals surface area contributed by atoms with Crippen molar-refractivity contribution in [1.29, 1.82) is 0 Å². The van der Waals surface area contributed by atoms with Gasteiger partial charge in [0.05, 0.1) is 12.7 Å². The van der Waals surface area contributed by atoms with Gasteiger partial charge in [-0.1, -0.05) is 6.07 Å². The standard InChI is InChI=1S/C13H17NO2/c15-13(10-5-7-16-8-10)11-4-3-9-2-1-6-14-12(9)11/h1-2,6,10-11,13,15H,3-5,7-8H2. The van der Waals surface area contributed by atoms with Crippen LogP contribution < -0.4 is 0 Å². The minimum absolute atomic E-state index is 0.225. The molecular weight excluding hydrogens is 202 g/mol. The number of rotatable bonds is 2. The number of aliphatic hydroxyl groups is 1. The molecule has 2 aliphatic rings. The maximum absolute atomic E-state index is 10.4. The number of aromatic nitrogens is 1. The first kappa shape index (κ1) is 10.2. The lowest BCUT2D eigenvalue weighted by molar-refractivity contribution is 0.0683. The first-order valence-corrected chi connectivity index (χ1v) is 6.06. The minimum atomic E-state index is -0.279. The van der Waals surface area contributed by atoms with E-state index in [1.807, 2.05) is 12.3 Å². The molecule has 0 spiro atoms. The number of fused-ring (bicyclic) bond motifs is 1. The minimum Gasteiger partial charge on any atom is -0.392 e. The molecule has 86 valence electrons. The molecule has 1 aliphatic carbocycles. The van der Waals surface area contributed by atoms with Gasteiger partial charge in [-0.15, -0.1) is 0 Å². The molecule has 0 bridgehead atoms. The summed E-state index contributed by atoms with van der Waals surface area (Å²) in [5, 5.41) is 10.4. The van der Waals surface area contributed by atoms with Crippen molar-refractivity contribution in [3.8, 4) is 0 Å². The molecule has 1 fully saturated rings. The van der Waals surface area contributed by atoms with Gasteiger partial charge in [0.1, 0.15) is 0 Å². The number of ether oxygens (including phenoxy) is 1. The maximum atomic E-state index is 10.4. The van der Waals surface area contributed by atoms with E-state index >= 15 is 0 Å². The van der Waals surface area contributed by atoms with Crippen LogP contribution in [0.3, 0.4) is 0 Å². The Morgan fingerprint density at radius 2 is 2.38 bits per heavy atom. The number of aliphatic hydroxyl groups excluding tert-OH is 1. The van der Waals surface area contributed by atoms with Gasteiger partial charge < -0.3 is 9.84 Å². The summed E-state index contributed by atoms with van der Waals surface area (Å²) >= 11 is 0. The summed E-state index contributed by atoms with van der Waals surface area (Å²) in [4.78, 5) is 4.43. The second kappa shape index (κ2) is 4.15. The molecular formula is C13H17NO2. The Morgan fingerprint density at radius 3 is 3.19 bits per heavy atom. The summed E-state index contributed by atoms with van der Waals surface area (Å²) in [6, 6.07) is 4.10. The van der Waals surface area contributed by atoms with E-state index < -0.39 is 0 Å². The first-order chi connectivity index (χ1) is 7.86. The fourth-order valence-corrected chi connectivity index (χ4v) is 2.93. The second-order valence-electron chi connectivity index (χ2n) is 4.81. The van der Waals surface area contributed by atoms with E-state index in [-0.39, 0.29) is 12.0 Å². The molecule has 3 atom stereocenters. The fourth-order valence-electron chi connectivity index (χ4n) is 2.93. The highest BCUT2D eigenvalue weighted by atomic mass is 16.5. The second-order valence-corrected chi connectivity index (χ2v) is 4.81. The number of hydrogen-bond acceptors (Lipinski definition) is 3. The molecule has 3 rings (SSSR count). The van der Waals surface area contributed by atoms with Crippen molar-refractivity contribution in [1.82, 2.24) is 4.98 Å². The summed E-state index contributed by atoms with van der Waals surface area (Å²) in [6.07, 6.45) is 4.62. The molecule has 3 nitrogen and oxygen atoms in total. The van der Waals surface area contributed by atoms with E-state index in [2.05, 4.69) is 11.1 Å². The van der Waals surface area contributed by atoms with Crippen LogP contribution in [0.15, 0.2) is 18.3 Å². The van der Waals surface area contributed by atoms with Crippen molar-refractivity contribution in [2.45, 2.75) is 31.3 Å². The van der Waals surface area contributed by atoms with E-state index in [4.69, 9.17) is 4.74 Å². The average molecular weight is 219 g/mol. The quantitative estimate of drug-likeness (QED) is 0.819. The number of nitrogens with zero attached hydrogens (tertiary/aromatic N) is 1. The van der Waals surface area contributed by atoms with Crippen LogP contribution in [-0.2, 0) is 11.2 Å². The van der Waals surface area contributed by atoms with Crippen molar-refractivity contribution < 1.29 is 9.84 Å². The van der Waals surface area contributed by atoms with Gasteiger partial charge in [0.2, 0.25) is 0 Å². The van der Waals surface area contributed by atoms with Gasteiger partial charge in [-0.25, -0.2) is 0 Å². The third kappa shape index (κ3) is 1.64. The number of aryl methyl sites for hydroxylation is 1. The smallest absolute Gasteiger partial charge is 0.0675 e.